The number of aromatic nitrogens is 5. The number of carbonyl (C=O) groups is 1. The van der Waals surface area contributed by atoms with Gasteiger partial charge in [0.1, 0.15) is 24.8 Å². The van der Waals surface area contributed by atoms with Crippen molar-refractivity contribution in [3.05, 3.63) is 53.8 Å². The van der Waals surface area contributed by atoms with Crippen molar-refractivity contribution in [1.29, 1.82) is 0 Å². The molecule has 0 aliphatic carbocycles. The Balaban J connectivity index is 1.16. The highest BCUT2D eigenvalue weighted by Gasteiger charge is 2.37. The predicted octanol–water partition coefficient (Wildman–Crippen LogP) is 1.80. The highest BCUT2D eigenvalue weighted by molar-refractivity contribution is 6.30. The smallest absolute Gasteiger partial charge is 0.229 e. The lowest BCUT2D eigenvalue weighted by Gasteiger charge is -2.43. The third-order valence-electron chi connectivity index (χ3n) is 5.95. The summed E-state index contributed by atoms with van der Waals surface area (Å²) in [7, 11) is 0. The van der Waals surface area contributed by atoms with Crippen LogP contribution in [0.25, 0.3) is 5.82 Å². The molecule has 3 aromatic rings. The zero-order valence-corrected chi connectivity index (χ0v) is 18.0. The molecule has 1 amide bonds. The number of piperazine rings is 1. The second-order valence-corrected chi connectivity index (χ2v) is 8.36. The Morgan fingerprint density at radius 1 is 1.00 bits per heavy atom. The van der Waals surface area contributed by atoms with Crippen molar-refractivity contribution < 1.29 is 4.79 Å². The van der Waals surface area contributed by atoms with Crippen molar-refractivity contribution >= 4 is 29.0 Å². The fourth-order valence-electron chi connectivity index (χ4n) is 4.13. The lowest BCUT2D eigenvalue weighted by molar-refractivity contribution is -0.136. The third-order valence-corrected chi connectivity index (χ3v) is 6.18. The molecule has 2 aliphatic rings. The molecule has 0 radical (unpaired) electrons. The zero-order chi connectivity index (χ0) is 21.4. The number of amides is 1. The molecule has 2 fully saturated rings. The number of benzene rings is 1. The molecule has 0 bridgehead atoms. The summed E-state index contributed by atoms with van der Waals surface area (Å²) in [5, 5.41) is 4.84. The predicted molar refractivity (Wildman–Crippen MR) is 118 cm³/mol. The van der Waals surface area contributed by atoms with E-state index in [9.17, 15) is 4.79 Å². The molecule has 1 aromatic carbocycles. The lowest BCUT2D eigenvalue weighted by Crippen LogP contribution is -2.58. The summed E-state index contributed by atoms with van der Waals surface area (Å²) in [6, 6.07) is 7.82. The van der Waals surface area contributed by atoms with E-state index in [0.717, 1.165) is 42.7 Å². The maximum absolute atomic E-state index is 13.0. The number of nitrogens with zero attached hydrogens (tertiary/aromatic N) is 8. The van der Waals surface area contributed by atoms with E-state index in [1.807, 2.05) is 29.2 Å². The Hall–Kier alpha value is -3.20. The van der Waals surface area contributed by atoms with E-state index in [-0.39, 0.29) is 11.8 Å². The highest BCUT2D eigenvalue weighted by Crippen LogP contribution is 2.28. The first-order valence-corrected chi connectivity index (χ1v) is 10.7. The van der Waals surface area contributed by atoms with E-state index >= 15 is 0 Å². The molecule has 0 N–H and O–H groups in total. The van der Waals surface area contributed by atoms with Gasteiger partial charge in [-0.1, -0.05) is 17.7 Å². The topological polar surface area (TPSA) is 83.3 Å². The molecule has 4 heterocycles. The first-order chi connectivity index (χ1) is 15.1. The van der Waals surface area contributed by atoms with Crippen LogP contribution in [0.4, 0.5) is 11.5 Å². The molecule has 2 aromatic heterocycles. The van der Waals surface area contributed by atoms with Gasteiger partial charge in [0.2, 0.25) is 5.91 Å². The summed E-state index contributed by atoms with van der Waals surface area (Å²) in [6.07, 6.45) is 4.57. The minimum Gasteiger partial charge on any atom is -0.368 e. The molecule has 5 rings (SSSR count). The van der Waals surface area contributed by atoms with Crippen LogP contribution in [0.1, 0.15) is 5.56 Å². The largest absolute Gasteiger partial charge is 0.368 e. The van der Waals surface area contributed by atoms with E-state index in [4.69, 9.17) is 11.6 Å². The van der Waals surface area contributed by atoms with E-state index in [2.05, 4.69) is 36.8 Å². The van der Waals surface area contributed by atoms with Crippen molar-refractivity contribution in [2.24, 2.45) is 5.92 Å². The molecular weight excluding hydrogens is 416 g/mol. The Bertz CT molecular complexity index is 1070. The fraction of sp³-hybridized carbons (Fsp3) is 0.381. The van der Waals surface area contributed by atoms with Crippen molar-refractivity contribution in [3.8, 4) is 5.82 Å². The third kappa shape index (κ3) is 3.93. The molecule has 0 unspecified atom stereocenters. The van der Waals surface area contributed by atoms with Crippen molar-refractivity contribution in [1.82, 2.24) is 29.6 Å². The van der Waals surface area contributed by atoms with E-state index in [1.54, 1.807) is 11.0 Å². The average Bonchev–Trinajstić information content (AvgIpc) is 3.30. The maximum Gasteiger partial charge on any atom is 0.229 e. The summed E-state index contributed by atoms with van der Waals surface area (Å²) >= 11 is 6.17. The van der Waals surface area contributed by atoms with Gasteiger partial charge in [-0.25, -0.2) is 19.6 Å². The summed E-state index contributed by atoms with van der Waals surface area (Å²) < 4.78 is 1.59. The van der Waals surface area contributed by atoms with Gasteiger partial charge in [0.25, 0.3) is 0 Å². The van der Waals surface area contributed by atoms with Gasteiger partial charge in [-0.2, -0.15) is 5.10 Å². The lowest BCUT2D eigenvalue weighted by atomic mass is 9.98. The molecule has 0 spiro atoms. The van der Waals surface area contributed by atoms with Gasteiger partial charge in [-0.05, 0) is 24.6 Å². The Morgan fingerprint density at radius 3 is 2.52 bits per heavy atom. The van der Waals surface area contributed by atoms with Gasteiger partial charge >= 0.3 is 0 Å². The van der Waals surface area contributed by atoms with Gasteiger partial charge < -0.3 is 14.7 Å². The zero-order valence-electron chi connectivity index (χ0n) is 17.2. The number of rotatable bonds is 4. The molecule has 31 heavy (non-hydrogen) atoms. The summed E-state index contributed by atoms with van der Waals surface area (Å²) in [5.74, 6) is 1.68. The second kappa shape index (κ2) is 8.14. The van der Waals surface area contributed by atoms with Crippen LogP contribution in [0.15, 0.2) is 43.2 Å². The highest BCUT2D eigenvalue weighted by atomic mass is 35.5. The number of halogens is 1. The van der Waals surface area contributed by atoms with E-state index in [0.29, 0.717) is 18.9 Å². The van der Waals surface area contributed by atoms with Gasteiger partial charge in [0.05, 0.1) is 5.92 Å². The molecule has 2 saturated heterocycles. The van der Waals surface area contributed by atoms with Crippen LogP contribution in [0.3, 0.4) is 0 Å². The normalized spacial score (nSPS) is 17.0. The number of carbonyl (C=O) groups excluding carboxylic acids is 1. The SMILES string of the molecule is Cc1ccc(Cl)cc1N1CCN(C(=O)C2CN(c3cc(-n4cncn4)ncn3)C2)CC1. The Kier molecular flexibility index (Phi) is 5.19. The van der Waals surface area contributed by atoms with Crippen molar-refractivity contribution in [3.63, 3.8) is 0 Å². The summed E-state index contributed by atoms with van der Waals surface area (Å²) in [5.41, 5.74) is 2.36. The van der Waals surface area contributed by atoms with Crippen LogP contribution in [0.5, 0.6) is 0 Å². The Morgan fingerprint density at radius 2 is 1.77 bits per heavy atom. The van der Waals surface area contributed by atoms with Gasteiger partial charge in [0, 0.05) is 56.0 Å². The molecule has 160 valence electrons. The standard InChI is InChI=1S/C21H23ClN8O/c1-15-2-3-17(22)8-18(15)27-4-6-28(7-5-27)21(31)16-10-29(11-16)19-9-20(25-13-24-19)30-14-23-12-26-30/h2-3,8-9,12-14,16H,4-7,10-11H2,1H3. The van der Waals surface area contributed by atoms with Gasteiger partial charge in [-0.15, -0.1) is 0 Å². The van der Waals surface area contributed by atoms with Crippen LogP contribution in [0.2, 0.25) is 5.02 Å². The van der Waals surface area contributed by atoms with Crippen molar-refractivity contribution in [2.45, 2.75) is 6.92 Å². The number of aryl methyl sites for hydroxylation is 1. The molecule has 2 aliphatic heterocycles. The van der Waals surface area contributed by atoms with E-state index < -0.39 is 0 Å². The van der Waals surface area contributed by atoms with Crippen LogP contribution in [-0.2, 0) is 4.79 Å². The molecule has 0 atom stereocenters. The maximum atomic E-state index is 13.0. The summed E-state index contributed by atoms with van der Waals surface area (Å²) in [6.45, 7) is 6.51. The van der Waals surface area contributed by atoms with Gasteiger partial charge in [-0.3, -0.25) is 4.79 Å². The minimum atomic E-state index is 0.00393. The van der Waals surface area contributed by atoms with E-state index in [1.165, 1.54) is 18.2 Å². The quantitative estimate of drug-likeness (QED) is 0.614. The first-order valence-electron chi connectivity index (χ1n) is 10.3. The fourth-order valence-corrected chi connectivity index (χ4v) is 4.30. The monoisotopic (exact) mass is 438 g/mol. The average molecular weight is 439 g/mol. The van der Waals surface area contributed by atoms with Crippen LogP contribution >= 0.6 is 11.6 Å². The van der Waals surface area contributed by atoms with Crippen LogP contribution in [-0.4, -0.2) is 74.8 Å². The van der Waals surface area contributed by atoms with Crippen LogP contribution in [0, 0.1) is 12.8 Å². The van der Waals surface area contributed by atoms with Gasteiger partial charge in [0.15, 0.2) is 5.82 Å². The molecular formula is C21H23ClN8O. The second-order valence-electron chi connectivity index (χ2n) is 7.92. The molecule has 10 heteroatoms. The Labute approximate surface area is 185 Å². The molecule has 0 saturated carbocycles. The van der Waals surface area contributed by atoms with Crippen LogP contribution < -0.4 is 9.80 Å². The van der Waals surface area contributed by atoms with Crippen molar-refractivity contribution in [2.75, 3.05) is 49.1 Å². The summed E-state index contributed by atoms with van der Waals surface area (Å²) in [4.78, 5) is 31.9. The number of hydrogen-bond acceptors (Lipinski definition) is 7. The molecule has 9 nitrogen and oxygen atoms in total. The first kappa shape index (κ1) is 19.7. The number of hydrogen-bond donors (Lipinski definition) is 0. The number of anilines is 2. The minimum absolute atomic E-state index is 0.00393.